The summed E-state index contributed by atoms with van der Waals surface area (Å²) in [6.07, 6.45) is -10.0. The van der Waals surface area contributed by atoms with E-state index < -0.39 is 40.6 Å². The normalized spacial score (nSPS) is 12.3. The van der Waals surface area contributed by atoms with Crippen molar-refractivity contribution in [3.63, 3.8) is 0 Å². The van der Waals surface area contributed by atoms with Gasteiger partial charge in [-0.05, 0) is 25.5 Å². The maximum absolute atomic E-state index is 13.2. The predicted molar refractivity (Wildman–Crippen MR) is 71.5 cm³/mol. The number of carbonyl (C=O) groups is 1. The van der Waals surface area contributed by atoms with Gasteiger partial charge in [0, 0.05) is 12.0 Å². The summed E-state index contributed by atoms with van der Waals surface area (Å²) in [5.74, 6) is -1.90. The van der Waals surface area contributed by atoms with Gasteiger partial charge in [-0.1, -0.05) is 13.3 Å². The Morgan fingerprint density at radius 3 is 2.00 bits per heavy atom. The summed E-state index contributed by atoms with van der Waals surface area (Å²) in [6.45, 7) is 2.84. The van der Waals surface area contributed by atoms with Gasteiger partial charge in [-0.25, -0.2) is 0 Å². The number of benzene rings is 1. The molecule has 1 aromatic rings. The lowest BCUT2D eigenvalue weighted by molar-refractivity contribution is -0.163. The third-order valence-electron chi connectivity index (χ3n) is 3.09. The molecule has 0 aliphatic carbocycles. The molecule has 1 rings (SSSR count). The van der Waals surface area contributed by atoms with Crippen molar-refractivity contribution >= 4 is 5.78 Å². The Labute approximate surface area is 129 Å². The van der Waals surface area contributed by atoms with Crippen molar-refractivity contribution in [3.8, 4) is 5.75 Å². The van der Waals surface area contributed by atoms with E-state index in [1.807, 2.05) is 0 Å². The first-order chi connectivity index (χ1) is 10.5. The fourth-order valence-electron chi connectivity index (χ4n) is 2.14. The molecule has 8 heteroatoms. The van der Waals surface area contributed by atoms with Gasteiger partial charge in [0.25, 0.3) is 0 Å². The largest absolute Gasteiger partial charge is 0.493 e. The highest BCUT2D eigenvalue weighted by Gasteiger charge is 2.48. The molecule has 0 saturated carbocycles. The summed E-state index contributed by atoms with van der Waals surface area (Å²) in [5.41, 5.74) is -4.90. The second-order valence-electron chi connectivity index (χ2n) is 4.82. The molecule has 0 fully saturated rings. The van der Waals surface area contributed by atoms with Crippen LogP contribution in [0.1, 0.15) is 54.6 Å². The molecule has 0 atom stereocenters. The zero-order valence-corrected chi connectivity index (χ0v) is 12.6. The third-order valence-corrected chi connectivity index (χ3v) is 3.09. The topological polar surface area (TPSA) is 26.3 Å². The molecule has 2 nitrogen and oxygen atoms in total. The average molecular weight is 342 g/mol. The first kappa shape index (κ1) is 19.3. The number of ketones is 1. The van der Waals surface area contributed by atoms with Gasteiger partial charge in [-0.15, -0.1) is 0 Å². The molecule has 0 aromatic heterocycles. The number of ether oxygens (including phenoxy) is 1. The number of unbranched alkanes of at least 4 members (excludes halogenated alkanes) is 1. The van der Waals surface area contributed by atoms with Crippen LogP contribution in [0.2, 0.25) is 0 Å². The van der Waals surface area contributed by atoms with E-state index in [0.717, 1.165) is 12.1 Å². The van der Waals surface area contributed by atoms with Crippen LogP contribution in [0.25, 0.3) is 0 Å². The Morgan fingerprint density at radius 2 is 1.57 bits per heavy atom. The Morgan fingerprint density at radius 1 is 1.00 bits per heavy atom. The Hall–Kier alpha value is -1.73. The van der Waals surface area contributed by atoms with Gasteiger partial charge in [0.15, 0.2) is 5.78 Å². The molecule has 0 heterocycles. The van der Waals surface area contributed by atoms with E-state index in [4.69, 9.17) is 0 Å². The van der Waals surface area contributed by atoms with E-state index in [-0.39, 0.29) is 13.0 Å². The maximum Gasteiger partial charge on any atom is 0.420 e. The fourth-order valence-corrected chi connectivity index (χ4v) is 2.14. The van der Waals surface area contributed by atoms with Gasteiger partial charge >= 0.3 is 12.4 Å². The van der Waals surface area contributed by atoms with Gasteiger partial charge in [-0.3, -0.25) is 4.79 Å². The molecule has 0 aliphatic heterocycles. The van der Waals surface area contributed by atoms with Crippen LogP contribution in [0.15, 0.2) is 12.1 Å². The van der Waals surface area contributed by atoms with Crippen molar-refractivity contribution in [1.29, 1.82) is 0 Å². The number of alkyl halides is 6. The van der Waals surface area contributed by atoms with E-state index in [0.29, 0.717) is 12.8 Å². The highest BCUT2D eigenvalue weighted by Crippen LogP contribution is 2.46. The van der Waals surface area contributed by atoms with Crippen LogP contribution in [0.3, 0.4) is 0 Å². The number of carbonyl (C=O) groups excluding carboxylic acids is 1. The lowest BCUT2D eigenvalue weighted by Crippen LogP contribution is -2.22. The van der Waals surface area contributed by atoms with Gasteiger partial charge in [0.2, 0.25) is 0 Å². The van der Waals surface area contributed by atoms with Crippen molar-refractivity contribution in [1.82, 2.24) is 0 Å². The monoisotopic (exact) mass is 342 g/mol. The fraction of sp³-hybridized carbons (Fsp3) is 0.533. The molecular weight excluding hydrogens is 326 g/mol. The van der Waals surface area contributed by atoms with Gasteiger partial charge in [0.1, 0.15) is 11.3 Å². The van der Waals surface area contributed by atoms with E-state index in [9.17, 15) is 31.1 Å². The lowest BCUT2D eigenvalue weighted by Gasteiger charge is -2.21. The smallest absolute Gasteiger partial charge is 0.420 e. The first-order valence-corrected chi connectivity index (χ1v) is 7.01. The van der Waals surface area contributed by atoms with Crippen LogP contribution in [0.4, 0.5) is 26.3 Å². The quantitative estimate of drug-likeness (QED) is 0.504. The Balaban J connectivity index is 3.64. The molecule has 23 heavy (non-hydrogen) atoms. The second-order valence-corrected chi connectivity index (χ2v) is 4.82. The summed E-state index contributed by atoms with van der Waals surface area (Å²) < 4.78 is 83.9. The molecule has 0 unspecified atom stereocenters. The van der Waals surface area contributed by atoms with E-state index in [1.165, 1.54) is 6.92 Å². The predicted octanol–water partition coefficient (Wildman–Crippen LogP) is 5.50. The maximum atomic E-state index is 13.2. The molecule has 0 aliphatic rings. The molecule has 1 aromatic carbocycles. The van der Waals surface area contributed by atoms with Crippen molar-refractivity contribution < 1.29 is 35.9 Å². The minimum Gasteiger partial charge on any atom is -0.493 e. The minimum absolute atomic E-state index is 0.233. The molecule has 0 bridgehead atoms. The third kappa shape index (κ3) is 4.62. The highest BCUT2D eigenvalue weighted by molar-refractivity contribution is 5.98. The van der Waals surface area contributed by atoms with E-state index >= 15 is 0 Å². The number of Topliss-reactive ketones (excluding diaryl/α,β-unsaturated/α-hetero) is 1. The van der Waals surface area contributed by atoms with Gasteiger partial charge in [0.05, 0.1) is 12.2 Å². The van der Waals surface area contributed by atoms with Crippen LogP contribution < -0.4 is 4.74 Å². The number of rotatable bonds is 6. The van der Waals surface area contributed by atoms with Crippen LogP contribution >= 0.6 is 0 Å². The summed E-state index contributed by atoms with van der Waals surface area (Å²) >= 11 is 0. The standard InChI is InChI=1S/C15H16F6O2/c1-3-5-6-10(22)9-7-8-11(23-4-2)13(15(19,20)21)12(9)14(16,17)18/h7-8H,3-6H2,1-2H3. The molecule has 0 N–H and O–H groups in total. The molecule has 0 saturated heterocycles. The zero-order chi connectivity index (χ0) is 17.8. The van der Waals surface area contributed by atoms with Crippen molar-refractivity contribution in [2.24, 2.45) is 0 Å². The van der Waals surface area contributed by atoms with Crippen molar-refractivity contribution in [2.45, 2.75) is 45.5 Å². The van der Waals surface area contributed by atoms with Crippen LogP contribution in [0, 0.1) is 0 Å². The van der Waals surface area contributed by atoms with Crippen LogP contribution in [-0.4, -0.2) is 12.4 Å². The Kier molecular flexibility index (Phi) is 6.07. The lowest BCUT2D eigenvalue weighted by atomic mass is 9.94. The zero-order valence-electron chi connectivity index (χ0n) is 12.6. The molecule has 0 spiro atoms. The van der Waals surface area contributed by atoms with Crippen LogP contribution in [0.5, 0.6) is 5.75 Å². The molecule has 0 radical (unpaired) electrons. The number of hydrogen-bond donors (Lipinski definition) is 0. The number of halogens is 6. The Bertz CT molecular complexity index is 560. The van der Waals surface area contributed by atoms with Crippen molar-refractivity contribution in [2.75, 3.05) is 6.61 Å². The number of hydrogen-bond acceptors (Lipinski definition) is 2. The molecule has 130 valence electrons. The van der Waals surface area contributed by atoms with E-state index in [1.54, 1.807) is 6.92 Å². The summed E-state index contributed by atoms with van der Waals surface area (Å²) in [4.78, 5) is 11.9. The summed E-state index contributed by atoms with van der Waals surface area (Å²) in [5, 5.41) is 0. The van der Waals surface area contributed by atoms with Crippen molar-refractivity contribution in [3.05, 3.63) is 28.8 Å². The first-order valence-electron chi connectivity index (χ1n) is 7.01. The van der Waals surface area contributed by atoms with Gasteiger partial charge < -0.3 is 4.74 Å². The summed E-state index contributed by atoms with van der Waals surface area (Å²) in [7, 11) is 0. The van der Waals surface area contributed by atoms with Crippen LogP contribution in [-0.2, 0) is 12.4 Å². The SMILES string of the molecule is CCCCC(=O)c1ccc(OCC)c(C(F)(F)F)c1C(F)(F)F. The second kappa shape index (κ2) is 7.23. The minimum atomic E-state index is -5.32. The van der Waals surface area contributed by atoms with E-state index in [2.05, 4.69) is 4.74 Å². The highest BCUT2D eigenvalue weighted by atomic mass is 19.4. The van der Waals surface area contributed by atoms with Gasteiger partial charge in [-0.2, -0.15) is 26.3 Å². The average Bonchev–Trinajstić information content (AvgIpc) is 2.42. The summed E-state index contributed by atoms with van der Waals surface area (Å²) in [6, 6.07) is 1.52. The molecule has 0 amide bonds. The molecular formula is C15H16F6O2.